The van der Waals surface area contributed by atoms with Crippen molar-refractivity contribution < 1.29 is 4.42 Å². The Kier molecular flexibility index (Phi) is 6.01. The average molecular weight is 247 g/mol. The Morgan fingerprint density at radius 2 is 2.07 bits per heavy atom. The lowest BCUT2D eigenvalue weighted by Crippen LogP contribution is -1.96. The number of halogens is 2. The quantitative estimate of drug-likeness (QED) is 0.887. The smallest absolute Gasteiger partial charge is 0.152 e. The molecule has 0 bridgehead atoms. The van der Waals surface area contributed by atoms with E-state index in [4.69, 9.17) is 10.2 Å². The largest absolute Gasteiger partial charge is 0.463 e. The first kappa shape index (κ1) is 14.0. The second kappa shape index (κ2) is 6.45. The Bertz CT molecular complexity index is 390. The van der Waals surface area contributed by atoms with Gasteiger partial charge in [0.15, 0.2) is 5.76 Å². The SMILES string of the molecule is Cl.Cl.NCc1ccnc(-c2ccco2)c1. The molecule has 15 heavy (non-hydrogen) atoms. The van der Waals surface area contributed by atoms with Gasteiger partial charge in [0.25, 0.3) is 0 Å². The normalized spacial score (nSPS) is 8.87. The lowest BCUT2D eigenvalue weighted by molar-refractivity contribution is 0.580. The maximum absolute atomic E-state index is 5.51. The fourth-order valence-corrected chi connectivity index (χ4v) is 1.16. The minimum absolute atomic E-state index is 0. The Labute approximate surface area is 101 Å². The molecule has 0 aliphatic heterocycles. The van der Waals surface area contributed by atoms with Gasteiger partial charge < -0.3 is 10.2 Å². The summed E-state index contributed by atoms with van der Waals surface area (Å²) in [5, 5.41) is 0. The highest BCUT2D eigenvalue weighted by Gasteiger charge is 2.01. The Hall–Kier alpha value is -1.03. The van der Waals surface area contributed by atoms with Crippen molar-refractivity contribution >= 4 is 24.8 Å². The van der Waals surface area contributed by atoms with E-state index in [1.54, 1.807) is 12.5 Å². The Morgan fingerprint density at radius 3 is 2.67 bits per heavy atom. The van der Waals surface area contributed by atoms with Gasteiger partial charge in [-0.1, -0.05) is 0 Å². The van der Waals surface area contributed by atoms with Crippen LogP contribution >= 0.6 is 24.8 Å². The predicted molar refractivity (Wildman–Crippen MR) is 64.3 cm³/mol. The number of hydrogen-bond donors (Lipinski definition) is 1. The zero-order valence-electron chi connectivity index (χ0n) is 7.92. The summed E-state index contributed by atoms with van der Waals surface area (Å²) in [4.78, 5) is 4.18. The van der Waals surface area contributed by atoms with Gasteiger partial charge in [-0.15, -0.1) is 24.8 Å². The lowest BCUT2D eigenvalue weighted by Gasteiger charge is -1.98. The van der Waals surface area contributed by atoms with Crippen molar-refractivity contribution in [2.24, 2.45) is 5.73 Å². The van der Waals surface area contributed by atoms with Crippen molar-refractivity contribution in [1.82, 2.24) is 4.98 Å². The highest BCUT2D eigenvalue weighted by Crippen LogP contribution is 2.17. The van der Waals surface area contributed by atoms with Crippen LogP contribution in [-0.4, -0.2) is 4.98 Å². The molecular formula is C10H12Cl2N2O. The summed E-state index contributed by atoms with van der Waals surface area (Å²) in [6.07, 6.45) is 3.37. The Balaban J connectivity index is 0.000000980. The maximum Gasteiger partial charge on any atom is 0.152 e. The van der Waals surface area contributed by atoms with Gasteiger partial charge in [0.1, 0.15) is 5.69 Å². The molecule has 2 aromatic rings. The molecule has 2 N–H and O–H groups in total. The van der Waals surface area contributed by atoms with Crippen LogP contribution in [0, 0.1) is 0 Å². The Morgan fingerprint density at radius 1 is 1.27 bits per heavy atom. The predicted octanol–water partition coefficient (Wildman–Crippen LogP) is 2.64. The molecule has 0 aliphatic carbocycles. The van der Waals surface area contributed by atoms with Crippen molar-refractivity contribution in [2.45, 2.75) is 6.54 Å². The van der Waals surface area contributed by atoms with E-state index in [-0.39, 0.29) is 24.8 Å². The van der Waals surface area contributed by atoms with Crippen LogP contribution in [0.5, 0.6) is 0 Å². The third-order valence-electron chi connectivity index (χ3n) is 1.83. The second-order valence-corrected chi connectivity index (χ2v) is 2.73. The van der Waals surface area contributed by atoms with E-state index in [9.17, 15) is 0 Å². The van der Waals surface area contributed by atoms with E-state index in [2.05, 4.69) is 4.98 Å². The minimum Gasteiger partial charge on any atom is -0.463 e. The molecule has 82 valence electrons. The van der Waals surface area contributed by atoms with Crippen LogP contribution < -0.4 is 5.73 Å². The van der Waals surface area contributed by atoms with Crippen LogP contribution in [0.15, 0.2) is 41.1 Å². The van der Waals surface area contributed by atoms with E-state index >= 15 is 0 Å². The van der Waals surface area contributed by atoms with Crippen molar-refractivity contribution in [3.63, 3.8) is 0 Å². The maximum atomic E-state index is 5.51. The number of aromatic nitrogens is 1. The molecule has 0 aromatic carbocycles. The molecule has 0 spiro atoms. The fraction of sp³-hybridized carbons (Fsp3) is 0.100. The van der Waals surface area contributed by atoms with E-state index in [0.29, 0.717) is 6.54 Å². The highest BCUT2D eigenvalue weighted by molar-refractivity contribution is 5.85. The van der Waals surface area contributed by atoms with E-state index in [1.807, 2.05) is 24.3 Å². The minimum atomic E-state index is 0. The summed E-state index contributed by atoms with van der Waals surface area (Å²) < 4.78 is 5.22. The summed E-state index contributed by atoms with van der Waals surface area (Å²) >= 11 is 0. The standard InChI is InChI=1S/C10H10N2O.2ClH/c11-7-8-3-4-12-9(6-8)10-2-1-5-13-10;;/h1-6H,7,11H2;2*1H. The first-order valence-electron chi connectivity index (χ1n) is 4.09. The van der Waals surface area contributed by atoms with Crippen molar-refractivity contribution in [3.05, 3.63) is 42.3 Å². The zero-order chi connectivity index (χ0) is 9.10. The molecule has 0 aliphatic rings. The zero-order valence-corrected chi connectivity index (χ0v) is 9.55. The van der Waals surface area contributed by atoms with E-state index in [1.165, 1.54) is 0 Å². The van der Waals surface area contributed by atoms with Crippen molar-refractivity contribution in [1.29, 1.82) is 0 Å². The third-order valence-corrected chi connectivity index (χ3v) is 1.83. The van der Waals surface area contributed by atoms with Gasteiger partial charge in [-0.25, -0.2) is 0 Å². The summed E-state index contributed by atoms with van der Waals surface area (Å²) in [5.41, 5.74) is 7.40. The molecule has 3 nitrogen and oxygen atoms in total. The van der Waals surface area contributed by atoms with Crippen LogP contribution in [-0.2, 0) is 6.54 Å². The van der Waals surface area contributed by atoms with Crippen LogP contribution in [0.2, 0.25) is 0 Å². The third kappa shape index (κ3) is 3.23. The van der Waals surface area contributed by atoms with E-state index < -0.39 is 0 Å². The monoisotopic (exact) mass is 246 g/mol. The molecule has 0 saturated heterocycles. The first-order valence-corrected chi connectivity index (χ1v) is 4.09. The highest BCUT2D eigenvalue weighted by atomic mass is 35.5. The van der Waals surface area contributed by atoms with Gasteiger partial charge in [0.2, 0.25) is 0 Å². The fourth-order valence-electron chi connectivity index (χ4n) is 1.16. The molecule has 0 atom stereocenters. The number of nitrogens with two attached hydrogens (primary N) is 1. The van der Waals surface area contributed by atoms with Crippen LogP contribution in [0.4, 0.5) is 0 Å². The van der Waals surface area contributed by atoms with Crippen LogP contribution in [0.1, 0.15) is 5.56 Å². The van der Waals surface area contributed by atoms with E-state index in [0.717, 1.165) is 17.0 Å². The van der Waals surface area contributed by atoms with Crippen LogP contribution in [0.3, 0.4) is 0 Å². The van der Waals surface area contributed by atoms with Gasteiger partial charge >= 0.3 is 0 Å². The van der Waals surface area contributed by atoms with Crippen molar-refractivity contribution in [2.75, 3.05) is 0 Å². The average Bonchev–Trinajstić information content (AvgIpc) is 2.71. The number of hydrogen-bond acceptors (Lipinski definition) is 3. The van der Waals surface area contributed by atoms with Crippen molar-refractivity contribution in [3.8, 4) is 11.5 Å². The van der Waals surface area contributed by atoms with Crippen LogP contribution in [0.25, 0.3) is 11.5 Å². The molecule has 2 heterocycles. The first-order chi connectivity index (χ1) is 6.40. The number of rotatable bonds is 2. The second-order valence-electron chi connectivity index (χ2n) is 2.73. The molecule has 0 radical (unpaired) electrons. The molecular weight excluding hydrogens is 235 g/mol. The van der Waals surface area contributed by atoms with Gasteiger partial charge in [0, 0.05) is 12.7 Å². The van der Waals surface area contributed by atoms with Gasteiger partial charge in [-0.2, -0.15) is 0 Å². The summed E-state index contributed by atoms with van der Waals surface area (Å²) in [5.74, 6) is 0.773. The molecule has 0 saturated carbocycles. The van der Waals surface area contributed by atoms with Gasteiger partial charge in [0.05, 0.1) is 6.26 Å². The van der Waals surface area contributed by atoms with Gasteiger partial charge in [-0.05, 0) is 29.8 Å². The summed E-state index contributed by atoms with van der Waals surface area (Å²) in [6, 6.07) is 7.54. The topological polar surface area (TPSA) is 52.0 Å². The molecule has 0 unspecified atom stereocenters. The molecule has 0 amide bonds. The molecule has 2 aromatic heterocycles. The van der Waals surface area contributed by atoms with Gasteiger partial charge in [-0.3, -0.25) is 4.98 Å². The molecule has 2 rings (SSSR count). The molecule has 5 heteroatoms. The summed E-state index contributed by atoms with van der Waals surface area (Å²) in [6.45, 7) is 0.524. The lowest BCUT2D eigenvalue weighted by atomic mass is 10.2. The summed E-state index contributed by atoms with van der Waals surface area (Å²) in [7, 11) is 0. The number of nitrogens with zero attached hydrogens (tertiary/aromatic N) is 1. The number of pyridine rings is 1. The molecule has 0 fully saturated rings. The number of furan rings is 1.